The Morgan fingerprint density at radius 3 is 2.62 bits per heavy atom. The Hall–Kier alpha value is -0.770. The van der Waals surface area contributed by atoms with Crippen LogP contribution in [0.2, 0.25) is 10.0 Å². The van der Waals surface area contributed by atoms with E-state index in [0.717, 1.165) is 37.9 Å². The Morgan fingerprint density at radius 2 is 2.05 bits per heavy atom. The zero-order valence-electron chi connectivity index (χ0n) is 12.5. The summed E-state index contributed by atoms with van der Waals surface area (Å²) in [6, 6.07) is 3.36. The molecular formula is C16H21Cl2NO2. The molecule has 2 rings (SSSR count). The van der Waals surface area contributed by atoms with E-state index in [4.69, 9.17) is 27.9 Å². The predicted molar refractivity (Wildman–Crippen MR) is 86.4 cm³/mol. The van der Waals surface area contributed by atoms with Crippen molar-refractivity contribution in [2.75, 3.05) is 20.2 Å². The maximum Gasteiger partial charge on any atom is 0.253 e. The van der Waals surface area contributed by atoms with E-state index in [1.165, 1.54) is 0 Å². The van der Waals surface area contributed by atoms with E-state index in [2.05, 4.69) is 0 Å². The normalized spacial score (nSPS) is 18.0. The topological polar surface area (TPSA) is 29.5 Å². The molecule has 1 aliphatic rings. The number of halogens is 2. The number of hydrogen-bond acceptors (Lipinski definition) is 2. The molecule has 1 saturated heterocycles. The van der Waals surface area contributed by atoms with E-state index in [1.807, 2.05) is 6.92 Å². The van der Waals surface area contributed by atoms with Crippen molar-refractivity contribution >= 4 is 29.1 Å². The lowest BCUT2D eigenvalue weighted by Crippen LogP contribution is -2.28. The van der Waals surface area contributed by atoms with Crippen LogP contribution in [0.3, 0.4) is 0 Å². The monoisotopic (exact) mass is 329 g/mol. The van der Waals surface area contributed by atoms with Crippen LogP contribution in [0, 0.1) is 6.92 Å². The number of carbonyl (C=O) groups excluding carboxylic acids is 1. The van der Waals surface area contributed by atoms with E-state index >= 15 is 0 Å². The van der Waals surface area contributed by atoms with Crippen LogP contribution < -0.4 is 0 Å². The minimum Gasteiger partial charge on any atom is -0.378 e. The molecular weight excluding hydrogens is 309 g/mol. The summed E-state index contributed by atoms with van der Waals surface area (Å²) in [5.74, 6) is -0.0499. The van der Waals surface area contributed by atoms with Gasteiger partial charge in [-0.3, -0.25) is 4.79 Å². The average molecular weight is 330 g/mol. The van der Waals surface area contributed by atoms with Gasteiger partial charge in [0.2, 0.25) is 0 Å². The fourth-order valence-corrected chi connectivity index (χ4v) is 3.01. The first-order valence-corrected chi connectivity index (χ1v) is 8.07. The summed E-state index contributed by atoms with van der Waals surface area (Å²) in [6.07, 6.45) is 4.62. The molecule has 1 aromatic rings. The molecule has 1 atom stereocenters. The molecule has 1 heterocycles. The molecule has 0 unspecified atom stereocenters. The Balaban J connectivity index is 1.89. The zero-order chi connectivity index (χ0) is 15.4. The SMILES string of the molecule is Cc1c(Cl)cc(C(=O)N(C)CCC[C@@H]2CCCO2)cc1Cl. The zero-order valence-corrected chi connectivity index (χ0v) is 14.0. The molecule has 0 aromatic heterocycles. The van der Waals surface area contributed by atoms with E-state index in [9.17, 15) is 4.79 Å². The summed E-state index contributed by atoms with van der Waals surface area (Å²) in [4.78, 5) is 14.1. The molecule has 21 heavy (non-hydrogen) atoms. The van der Waals surface area contributed by atoms with Crippen molar-refractivity contribution in [2.45, 2.75) is 38.7 Å². The second kappa shape index (κ2) is 7.48. The Kier molecular flexibility index (Phi) is 5.91. The van der Waals surface area contributed by atoms with Crippen LogP contribution in [0.15, 0.2) is 12.1 Å². The van der Waals surface area contributed by atoms with E-state index in [-0.39, 0.29) is 5.91 Å². The molecule has 0 N–H and O–H groups in total. The first-order valence-electron chi connectivity index (χ1n) is 7.31. The van der Waals surface area contributed by atoms with Gasteiger partial charge in [-0.1, -0.05) is 23.2 Å². The summed E-state index contributed by atoms with van der Waals surface area (Å²) < 4.78 is 5.59. The maximum absolute atomic E-state index is 12.4. The van der Waals surface area contributed by atoms with Gasteiger partial charge in [-0.05, 0) is 50.3 Å². The van der Waals surface area contributed by atoms with Crippen LogP contribution in [0.25, 0.3) is 0 Å². The van der Waals surface area contributed by atoms with Crippen molar-refractivity contribution in [1.82, 2.24) is 4.90 Å². The predicted octanol–water partition coefficient (Wildman–Crippen LogP) is 4.33. The molecule has 1 amide bonds. The minimum atomic E-state index is -0.0499. The van der Waals surface area contributed by atoms with Gasteiger partial charge in [0.25, 0.3) is 5.91 Å². The number of benzene rings is 1. The highest BCUT2D eigenvalue weighted by Crippen LogP contribution is 2.26. The molecule has 0 bridgehead atoms. The second-order valence-electron chi connectivity index (χ2n) is 5.57. The standard InChI is InChI=1S/C16H21Cl2NO2/c1-11-14(17)9-12(10-15(11)18)16(20)19(2)7-3-5-13-6-4-8-21-13/h9-10,13H,3-8H2,1-2H3/t13-/m1/s1. The maximum atomic E-state index is 12.4. The summed E-state index contributed by atoms with van der Waals surface area (Å²) in [7, 11) is 1.81. The van der Waals surface area contributed by atoms with Gasteiger partial charge >= 0.3 is 0 Å². The average Bonchev–Trinajstić information content (AvgIpc) is 2.96. The number of carbonyl (C=O) groups is 1. The van der Waals surface area contributed by atoms with E-state index in [0.29, 0.717) is 28.3 Å². The van der Waals surface area contributed by atoms with Crippen LogP contribution in [0.4, 0.5) is 0 Å². The lowest BCUT2D eigenvalue weighted by molar-refractivity contribution is 0.0763. The Labute approximate surface area is 136 Å². The molecule has 1 aliphatic heterocycles. The van der Waals surface area contributed by atoms with Gasteiger partial charge in [0, 0.05) is 35.8 Å². The summed E-state index contributed by atoms with van der Waals surface area (Å²) in [5.41, 5.74) is 1.34. The molecule has 116 valence electrons. The van der Waals surface area contributed by atoms with Gasteiger partial charge in [0.1, 0.15) is 0 Å². The lowest BCUT2D eigenvalue weighted by Gasteiger charge is -2.19. The van der Waals surface area contributed by atoms with Gasteiger partial charge < -0.3 is 9.64 Å². The van der Waals surface area contributed by atoms with Crippen LogP contribution >= 0.6 is 23.2 Å². The van der Waals surface area contributed by atoms with Crippen molar-refractivity contribution in [3.05, 3.63) is 33.3 Å². The minimum absolute atomic E-state index is 0.0499. The molecule has 0 radical (unpaired) electrons. The number of hydrogen-bond donors (Lipinski definition) is 0. The van der Waals surface area contributed by atoms with Gasteiger partial charge in [0.15, 0.2) is 0 Å². The van der Waals surface area contributed by atoms with Crippen molar-refractivity contribution in [3.8, 4) is 0 Å². The highest BCUT2D eigenvalue weighted by molar-refractivity contribution is 6.36. The highest BCUT2D eigenvalue weighted by atomic mass is 35.5. The summed E-state index contributed by atoms with van der Waals surface area (Å²) >= 11 is 12.2. The molecule has 0 aliphatic carbocycles. The molecule has 5 heteroatoms. The van der Waals surface area contributed by atoms with Gasteiger partial charge in [-0.2, -0.15) is 0 Å². The van der Waals surface area contributed by atoms with Crippen LogP contribution in [0.1, 0.15) is 41.6 Å². The fraction of sp³-hybridized carbons (Fsp3) is 0.562. The first-order chi connectivity index (χ1) is 9.99. The summed E-state index contributed by atoms with van der Waals surface area (Å²) in [6.45, 7) is 3.42. The molecule has 3 nitrogen and oxygen atoms in total. The quantitative estimate of drug-likeness (QED) is 0.804. The Morgan fingerprint density at radius 1 is 1.38 bits per heavy atom. The van der Waals surface area contributed by atoms with Gasteiger partial charge in [-0.25, -0.2) is 0 Å². The van der Waals surface area contributed by atoms with Gasteiger partial charge in [0.05, 0.1) is 6.10 Å². The number of rotatable bonds is 5. The lowest BCUT2D eigenvalue weighted by atomic mass is 10.1. The number of ether oxygens (including phenoxy) is 1. The van der Waals surface area contributed by atoms with Crippen LogP contribution in [-0.4, -0.2) is 37.1 Å². The molecule has 1 fully saturated rings. The third-order valence-corrected chi connectivity index (χ3v) is 4.70. The van der Waals surface area contributed by atoms with Crippen molar-refractivity contribution in [2.24, 2.45) is 0 Å². The molecule has 0 saturated carbocycles. The fourth-order valence-electron chi connectivity index (χ4n) is 2.52. The summed E-state index contributed by atoms with van der Waals surface area (Å²) in [5, 5.41) is 1.05. The van der Waals surface area contributed by atoms with Crippen molar-refractivity contribution in [3.63, 3.8) is 0 Å². The second-order valence-corrected chi connectivity index (χ2v) is 6.38. The third-order valence-electron chi connectivity index (χ3n) is 3.92. The largest absolute Gasteiger partial charge is 0.378 e. The van der Waals surface area contributed by atoms with E-state index < -0.39 is 0 Å². The van der Waals surface area contributed by atoms with Gasteiger partial charge in [-0.15, -0.1) is 0 Å². The highest BCUT2D eigenvalue weighted by Gasteiger charge is 2.17. The number of amides is 1. The first kappa shape index (κ1) is 16.6. The van der Waals surface area contributed by atoms with Crippen LogP contribution in [-0.2, 0) is 4.74 Å². The smallest absolute Gasteiger partial charge is 0.253 e. The molecule has 1 aromatic carbocycles. The van der Waals surface area contributed by atoms with Crippen LogP contribution in [0.5, 0.6) is 0 Å². The Bertz CT molecular complexity index is 490. The van der Waals surface area contributed by atoms with Crippen molar-refractivity contribution in [1.29, 1.82) is 0 Å². The van der Waals surface area contributed by atoms with E-state index in [1.54, 1.807) is 24.1 Å². The molecule has 0 spiro atoms. The number of nitrogens with zero attached hydrogens (tertiary/aromatic N) is 1. The van der Waals surface area contributed by atoms with Crippen molar-refractivity contribution < 1.29 is 9.53 Å². The third kappa shape index (κ3) is 4.35.